The summed E-state index contributed by atoms with van der Waals surface area (Å²) in [7, 11) is 0. The third-order valence-corrected chi connectivity index (χ3v) is 1.43. The van der Waals surface area contributed by atoms with Crippen LogP contribution in [0, 0.1) is 0 Å². The van der Waals surface area contributed by atoms with E-state index in [4.69, 9.17) is 4.74 Å². The molecule has 0 aliphatic rings. The molecule has 0 fully saturated rings. The van der Waals surface area contributed by atoms with E-state index in [1.807, 2.05) is 20.8 Å². The zero-order chi connectivity index (χ0) is 10.6. The van der Waals surface area contributed by atoms with Crippen molar-refractivity contribution in [3.05, 3.63) is 12.7 Å². The van der Waals surface area contributed by atoms with E-state index in [0.29, 0.717) is 13.0 Å². The standard InChI is InChI=1S/C9H15N3O2/c1-9(2,3)14-8(13)4-5-12-7-10-6-11-12/h6-7H,4-5H2,1-3H3. The van der Waals surface area contributed by atoms with Gasteiger partial charge in [-0.05, 0) is 20.8 Å². The van der Waals surface area contributed by atoms with E-state index in [-0.39, 0.29) is 5.97 Å². The molecule has 0 aliphatic carbocycles. The highest BCUT2D eigenvalue weighted by molar-refractivity contribution is 5.69. The maximum atomic E-state index is 11.3. The van der Waals surface area contributed by atoms with Gasteiger partial charge in [0, 0.05) is 0 Å². The number of hydrogen-bond donors (Lipinski definition) is 0. The normalized spacial score (nSPS) is 11.4. The van der Waals surface area contributed by atoms with Gasteiger partial charge < -0.3 is 4.74 Å². The molecule has 1 heterocycles. The van der Waals surface area contributed by atoms with E-state index in [1.54, 1.807) is 11.0 Å². The van der Waals surface area contributed by atoms with Crippen LogP contribution in [0.1, 0.15) is 27.2 Å². The Morgan fingerprint density at radius 1 is 1.50 bits per heavy atom. The SMILES string of the molecule is CC(C)(C)OC(=O)CCn1cncn1. The van der Waals surface area contributed by atoms with Gasteiger partial charge in [0.15, 0.2) is 0 Å². The second kappa shape index (κ2) is 4.21. The Labute approximate surface area is 83.1 Å². The average molecular weight is 197 g/mol. The molecule has 0 unspecified atom stereocenters. The molecule has 5 heteroatoms. The van der Waals surface area contributed by atoms with E-state index >= 15 is 0 Å². The molecule has 0 radical (unpaired) electrons. The highest BCUT2D eigenvalue weighted by Crippen LogP contribution is 2.08. The molecule has 0 saturated carbocycles. The van der Waals surface area contributed by atoms with Crippen LogP contribution in [0.3, 0.4) is 0 Å². The lowest BCUT2D eigenvalue weighted by atomic mass is 10.2. The van der Waals surface area contributed by atoms with Crippen LogP contribution in [0.4, 0.5) is 0 Å². The van der Waals surface area contributed by atoms with Gasteiger partial charge in [-0.25, -0.2) is 4.98 Å². The van der Waals surface area contributed by atoms with Crippen LogP contribution >= 0.6 is 0 Å². The quantitative estimate of drug-likeness (QED) is 0.678. The number of hydrogen-bond acceptors (Lipinski definition) is 4. The van der Waals surface area contributed by atoms with E-state index in [2.05, 4.69) is 10.1 Å². The molecule has 0 aliphatic heterocycles. The molecular weight excluding hydrogens is 182 g/mol. The molecular formula is C9H15N3O2. The molecule has 1 aromatic rings. The summed E-state index contributed by atoms with van der Waals surface area (Å²) >= 11 is 0. The summed E-state index contributed by atoms with van der Waals surface area (Å²) in [5, 5.41) is 3.88. The van der Waals surface area contributed by atoms with Gasteiger partial charge in [0.1, 0.15) is 18.3 Å². The minimum Gasteiger partial charge on any atom is -0.460 e. The predicted octanol–water partition coefficient (Wildman–Crippen LogP) is 1.01. The van der Waals surface area contributed by atoms with Gasteiger partial charge in [0.25, 0.3) is 0 Å². The van der Waals surface area contributed by atoms with Crippen LogP contribution in [0.15, 0.2) is 12.7 Å². The molecule has 0 bridgehead atoms. The van der Waals surface area contributed by atoms with Gasteiger partial charge in [0.05, 0.1) is 13.0 Å². The Morgan fingerprint density at radius 3 is 2.71 bits per heavy atom. The van der Waals surface area contributed by atoms with Crippen molar-refractivity contribution in [3.63, 3.8) is 0 Å². The molecule has 78 valence electrons. The molecule has 1 rings (SSSR count). The Morgan fingerprint density at radius 2 is 2.21 bits per heavy atom. The fourth-order valence-corrected chi connectivity index (χ4v) is 0.947. The van der Waals surface area contributed by atoms with Crippen molar-refractivity contribution in [3.8, 4) is 0 Å². The minimum atomic E-state index is -0.417. The van der Waals surface area contributed by atoms with Crippen LogP contribution in [0.5, 0.6) is 0 Å². The first kappa shape index (κ1) is 10.7. The molecule has 0 saturated heterocycles. The monoisotopic (exact) mass is 197 g/mol. The van der Waals surface area contributed by atoms with Crippen molar-refractivity contribution >= 4 is 5.97 Å². The lowest BCUT2D eigenvalue weighted by Gasteiger charge is -2.19. The number of nitrogens with zero attached hydrogens (tertiary/aromatic N) is 3. The number of esters is 1. The van der Waals surface area contributed by atoms with Gasteiger partial charge in [-0.1, -0.05) is 0 Å². The minimum absolute atomic E-state index is 0.215. The van der Waals surface area contributed by atoms with Gasteiger partial charge in [-0.3, -0.25) is 9.48 Å². The highest BCUT2D eigenvalue weighted by Gasteiger charge is 2.15. The molecule has 1 aromatic heterocycles. The van der Waals surface area contributed by atoms with Crippen molar-refractivity contribution in [2.24, 2.45) is 0 Å². The topological polar surface area (TPSA) is 57.0 Å². The van der Waals surface area contributed by atoms with Crippen LogP contribution in [-0.2, 0) is 16.1 Å². The largest absolute Gasteiger partial charge is 0.460 e. The Balaban J connectivity index is 2.29. The van der Waals surface area contributed by atoms with Crippen molar-refractivity contribution in [2.45, 2.75) is 39.3 Å². The molecule has 0 N–H and O–H groups in total. The number of ether oxygens (including phenoxy) is 1. The van der Waals surface area contributed by atoms with Crippen LogP contribution in [0.25, 0.3) is 0 Å². The van der Waals surface area contributed by atoms with Crippen molar-refractivity contribution in [2.75, 3.05) is 0 Å². The highest BCUT2D eigenvalue weighted by atomic mass is 16.6. The molecule has 0 aromatic carbocycles. The predicted molar refractivity (Wildman–Crippen MR) is 50.5 cm³/mol. The van der Waals surface area contributed by atoms with Gasteiger partial charge in [-0.15, -0.1) is 0 Å². The van der Waals surface area contributed by atoms with Crippen molar-refractivity contribution in [1.82, 2.24) is 14.8 Å². The van der Waals surface area contributed by atoms with Crippen LogP contribution in [-0.4, -0.2) is 26.3 Å². The summed E-state index contributed by atoms with van der Waals surface area (Å²) in [5.41, 5.74) is -0.417. The number of aryl methyl sites for hydroxylation is 1. The average Bonchev–Trinajstić information content (AvgIpc) is 2.49. The number of carbonyl (C=O) groups excluding carboxylic acids is 1. The Kier molecular flexibility index (Phi) is 3.22. The first-order valence-corrected chi connectivity index (χ1v) is 4.51. The fraction of sp³-hybridized carbons (Fsp3) is 0.667. The van der Waals surface area contributed by atoms with E-state index in [1.165, 1.54) is 6.33 Å². The van der Waals surface area contributed by atoms with Crippen molar-refractivity contribution < 1.29 is 9.53 Å². The Hall–Kier alpha value is -1.39. The van der Waals surface area contributed by atoms with Crippen LogP contribution in [0.2, 0.25) is 0 Å². The molecule has 0 atom stereocenters. The van der Waals surface area contributed by atoms with Gasteiger partial charge in [0.2, 0.25) is 0 Å². The first-order chi connectivity index (χ1) is 6.47. The molecule has 0 amide bonds. The lowest BCUT2D eigenvalue weighted by Crippen LogP contribution is -2.24. The van der Waals surface area contributed by atoms with E-state index in [0.717, 1.165) is 0 Å². The summed E-state index contributed by atoms with van der Waals surface area (Å²) in [4.78, 5) is 15.0. The number of carbonyl (C=O) groups is 1. The zero-order valence-corrected chi connectivity index (χ0v) is 8.73. The van der Waals surface area contributed by atoms with Gasteiger partial charge in [-0.2, -0.15) is 5.10 Å². The smallest absolute Gasteiger partial charge is 0.308 e. The first-order valence-electron chi connectivity index (χ1n) is 4.51. The molecule has 5 nitrogen and oxygen atoms in total. The maximum Gasteiger partial charge on any atom is 0.308 e. The summed E-state index contributed by atoms with van der Waals surface area (Å²) in [6.45, 7) is 6.05. The summed E-state index contributed by atoms with van der Waals surface area (Å²) in [5.74, 6) is -0.215. The maximum absolute atomic E-state index is 11.3. The number of rotatable bonds is 3. The summed E-state index contributed by atoms with van der Waals surface area (Å²) in [6.07, 6.45) is 3.33. The lowest BCUT2D eigenvalue weighted by molar-refractivity contribution is -0.155. The van der Waals surface area contributed by atoms with Gasteiger partial charge >= 0.3 is 5.97 Å². The van der Waals surface area contributed by atoms with Crippen molar-refractivity contribution in [1.29, 1.82) is 0 Å². The number of aromatic nitrogens is 3. The molecule has 0 spiro atoms. The van der Waals surface area contributed by atoms with Crippen LogP contribution < -0.4 is 0 Å². The fourth-order valence-electron chi connectivity index (χ4n) is 0.947. The summed E-state index contributed by atoms with van der Waals surface area (Å²) < 4.78 is 6.74. The third kappa shape index (κ3) is 4.02. The summed E-state index contributed by atoms with van der Waals surface area (Å²) in [6, 6.07) is 0. The second-order valence-corrected chi connectivity index (χ2v) is 3.99. The zero-order valence-electron chi connectivity index (χ0n) is 8.73. The Bertz CT molecular complexity index is 288. The second-order valence-electron chi connectivity index (χ2n) is 3.99. The van der Waals surface area contributed by atoms with E-state index in [9.17, 15) is 4.79 Å². The molecule has 14 heavy (non-hydrogen) atoms. The van der Waals surface area contributed by atoms with E-state index < -0.39 is 5.60 Å². The third-order valence-electron chi connectivity index (χ3n) is 1.43.